The fraction of sp³-hybridized carbons (Fsp3) is 0.250. The van der Waals surface area contributed by atoms with Crippen molar-refractivity contribution >= 4 is 42.2 Å². The van der Waals surface area contributed by atoms with Gasteiger partial charge in [0.15, 0.2) is 0 Å². The van der Waals surface area contributed by atoms with Gasteiger partial charge in [-0.3, -0.25) is 15.2 Å². The lowest BCUT2D eigenvalue weighted by atomic mass is 10.0. The fourth-order valence-electron chi connectivity index (χ4n) is 4.10. The van der Waals surface area contributed by atoms with Crippen LogP contribution in [0.15, 0.2) is 66.9 Å². The molecular weight excluding hydrogens is 493 g/mol. The van der Waals surface area contributed by atoms with Crippen LogP contribution in [0.5, 0.6) is 0 Å². The number of benzene rings is 2. The van der Waals surface area contributed by atoms with Gasteiger partial charge in [0.25, 0.3) is 5.91 Å². The zero-order chi connectivity index (χ0) is 23.9. The van der Waals surface area contributed by atoms with Crippen LogP contribution in [0.25, 0.3) is 0 Å². The van der Waals surface area contributed by atoms with Crippen LogP contribution < -0.4 is 10.6 Å². The van der Waals surface area contributed by atoms with Gasteiger partial charge in [0.2, 0.25) is 0 Å². The first-order chi connectivity index (χ1) is 16.5. The lowest BCUT2D eigenvalue weighted by Crippen LogP contribution is -2.28. The van der Waals surface area contributed by atoms with Gasteiger partial charge in [0.05, 0.1) is 18.8 Å². The third-order valence-electron chi connectivity index (χ3n) is 5.95. The number of nitrogen functional groups attached to an aromatic ring is 1. The number of aryl methyl sites for hydroxylation is 1. The molecule has 1 aliphatic heterocycles. The average Bonchev–Trinajstić information content (AvgIpc) is 3.39. The predicted octanol–water partition coefficient (Wildman–Crippen LogP) is 4.81. The van der Waals surface area contributed by atoms with Gasteiger partial charge in [-0.1, -0.05) is 30.0 Å². The number of amides is 1. The number of pyridine rings is 1. The van der Waals surface area contributed by atoms with Crippen LogP contribution >= 0.6 is 24.8 Å². The van der Waals surface area contributed by atoms with Crippen LogP contribution in [0.2, 0.25) is 0 Å². The molecule has 0 atom stereocenters. The summed E-state index contributed by atoms with van der Waals surface area (Å²) in [6.07, 6.45) is 3.94. The Morgan fingerprint density at radius 2 is 1.86 bits per heavy atom. The second kappa shape index (κ2) is 13.5. The summed E-state index contributed by atoms with van der Waals surface area (Å²) in [7, 11) is 0. The molecule has 0 saturated carbocycles. The van der Waals surface area contributed by atoms with Crippen molar-refractivity contribution in [3.63, 3.8) is 0 Å². The smallest absolute Gasteiger partial charge is 0.254 e. The van der Waals surface area contributed by atoms with Crippen molar-refractivity contribution in [2.24, 2.45) is 5.73 Å². The van der Waals surface area contributed by atoms with E-state index in [1.165, 1.54) is 0 Å². The Labute approximate surface area is 225 Å². The third-order valence-corrected chi connectivity index (χ3v) is 5.95. The second-order valence-electron chi connectivity index (χ2n) is 8.47. The third kappa shape index (κ3) is 7.24. The van der Waals surface area contributed by atoms with E-state index in [1.807, 2.05) is 72.5 Å². The molecule has 8 heteroatoms. The molecule has 6 nitrogen and oxygen atoms in total. The number of hydrogen-bond donors (Lipinski definition) is 2. The molecule has 2 heterocycles. The van der Waals surface area contributed by atoms with Crippen molar-refractivity contribution in [3.8, 4) is 11.8 Å². The summed E-state index contributed by atoms with van der Waals surface area (Å²) in [6, 6.07) is 19.2. The van der Waals surface area contributed by atoms with Crippen molar-refractivity contribution in [2.45, 2.75) is 26.3 Å². The Morgan fingerprint density at radius 1 is 1.08 bits per heavy atom. The Bertz CT molecular complexity index is 1250. The molecule has 4 rings (SSSR count). The molecule has 1 fully saturated rings. The highest BCUT2D eigenvalue weighted by molar-refractivity contribution is 5.96. The standard InChI is InChI=1S/C28H29N5O.2ClH/c1-21-18-22(12-13-26(21)28(34)32-15-4-5-16-32)8-7-17-33(20-24-10-2-3-14-31-24)25-11-6-9-23(19-25)27(29)30;;/h2-3,6,9-14,18-19H,4-5,15-17,20H2,1H3,(H3,29,30);2*1H. The van der Waals surface area contributed by atoms with Crippen molar-refractivity contribution in [1.29, 1.82) is 5.41 Å². The number of nitrogens with two attached hydrogens (primary N) is 1. The topological polar surface area (TPSA) is 86.3 Å². The highest BCUT2D eigenvalue weighted by Crippen LogP contribution is 2.19. The minimum absolute atomic E-state index is 0. The van der Waals surface area contributed by atoms with Crippen LogP contribution in [-0.2, 0) is 6.54 Å². The second-order valence-corrected chi connectivity index (χ2v) is 8.47. The predicted molar refractivity (Wildman–Crippen MR) is 150 cm³/mol. The van der Waals surface area contributed by atoms with Gasteiger partial charge in [0, 0.05) is 41.7 Å². The number of carbonyl (C=O) groups is 1. The first-order valence-corrected chi connectivity index (χ1v) is 11.5. The summed E-state index contributed by atoms with van der Waals surface area (Å²) in [6.45, 7) is 4.72. The molecule has 3 N–H and O–H groups in total. The Morgan fingerprint density at radius 3 is 2.53 bits per heavy atom. The molecule has 0 spiro atoms. The van der Waals surface area contributed by atoms with Crippen LogP contribution in [0.3, 0.4) is 0 Å². The van der Waals surface area contributed by atoms with Gasteiger partial charge in [0.1, 0.15) is 5.84 Å². The van der Waals surface area contributed by atoms with Crippen LogP contribution in [0.1, 0.15) is 45.6 Å². The number of aromatic nitrogens is 1. The summed E-state index contributed by atoms with van der Waals surface area (Å²) in [5, 5.41) is 7.76. The van der Waals surface area contributed by atoms with Gasteiger partial charge >= 0.3 is 0 Å². The number of anilines is 1. The van der Waals surface area contributed by atoms with Gasteiger partial charge < -0.3 is 15.5 Å². The first kappa shape index (κ1) is 28.7. The van der Waals surface area contributed by atoms with Gasteiger partial charge in [-0.2, -0.15) is 0 Å². The Kier molecular flexibility index (Phi) is 10.8. The molecule has 0 unspecified atom stereocenters. The van der Waals surface area contributed by atoms with E-state index in [9.17, 15) is 4.79 Å². The largest absolute Gasteiger partial charge is 0.384 e. The molecule has 1 aliphatic rings. The summed E-state index contributed by atoms with van der Waals surface area (Å²) < 4.78 is 0. The molecule has 0 radical (unpaired) electrons. The van der Waals surface area contributed by atoms with Gasteiger partial charge in [-0.15, -0.1) is 24.8 Å². The van der Waals surface area contributed by atoms with E-state index in [0.717, 1.165) is 54.0 Å². The van der Waals surface area contributed by atoms with E-state index in [0.29, 0.717) is 18.7 Å². The summed E-state index contributed by atoms with van der Waals surface area (Å²) >= 11 is 0. The molecule has 3 aromatic rings. The zero-order valence-corrected chi connectivity index (χ0v) is 21.9. The summed E-state index contributed by atoms with van der Waals surface area (Å²) in [5.41, 5.74) is 10.8. The highest BCUT2D eigenvalue weighted by Gasteiger charge is 2.20. The molecule has 1 saturated heterocycles. The molecule has 0 bridgehead atoms. The van der Waals surface area contributed by atoms with E-state index in [1.54, 1.807) is 6.20 Å². The molecule has 1 aromatic heterocycles. The van der Waals surface area contributed by atoms with Crippen LogP contribution in [-0.4, -0.2) is 41.3 Å². The van der Waals surface area contributed by atoms with E-state index < -0.39 is 0 Å². The van der Waals surface area contributed by atoms with Crippen molar-refractivity contribution in [2.75, 3.05) is 24.5 Å². The van der Waals surface area contributed by atoms with E-state index >= 15 is 0 Å². The van der Waals surface area contributed by atoms with E-state index in [-0.39, 0.29) is 36.6 Å². The zero-order valence-electron chi connectivity index (χ0n) is 20.2. The van der Waals surface area contributed by atoms with Crippen molar-refractivity contribution < 1.29 is 4.79 Å². The molecular formula is C28H31Cl2N5O. The van der Waals surface area contributed by atoms with E-state index in [4.69, 9.17) is 11.1 Å². The van der Waals surface area contributed by atoms with Crippen molar-refractivity contribution in [3.05, 3.63) is 94.8 Å². The maximum atomic E-state index is 12.7. The maximum absolute atomic E-state index is 12.7. The quantitative estimate of drug-likeness (QED) is 0.275. The number of carbonyl (C=O) groups excluding carboxylic acids is 1. The number of halogens is 2. The minimum Gasteiger partial charge on any atom is -0.384 e. The number of nitrogens with one attached hydrogen (secondary N) is 1. The number of nitrogens with zero attached hydrogens (tertiary/aromatic N) is 3. The number of rotatable bonds is 6. The number of likely N-dealkylation sites (tertiary alicyclic amines) is 1. The fourth-order valence-corrected chi connectivity index (χ4v) is 4.10. The first-order valence-electron chi connectivity index (χ1n) is 11.5. The minimum atomic E-state index is 0. The van der Waals surface area contributed by atoms with E-state index in [2.05, 4.69) is 21.7 Å². The molecule has 36 heavy (non-hydrogen) atoms. The molecule has 2 aromatic carbocycles. The normalized spacial score (nSPS) is 12.0. The molecule has 0 aliphatic carbocycles. The monoisotopic (exact) mass is 523 g/mol. The Balaban J connectivity index is 0.00000228. The summed E-state index contributed by atoms with van der Waals surface area (Å²) in [5.74, 6) is 6.65. The van der Waals surface area contributed by atoms with Crippen molar-refractivity contribution in [1.82, 2.24) is 9.88 Å². The SMILES string of the molecule is Cc1cc(C#CCN(Cc2ccccn2)c2cccc(C(=N)N)c2)ccc1C(=O)N1CCCC1.Cl.Cl. The lowest BCUT2D eigenvalue weighted by Gasteiger charge is -2.22. The van der Waals surface area contributed by atoms with Gasteiger partial charge in [-0.05, 0) is 67.8 Å². The average molecular weight is 524 g/mol. The molecule has 188 valence electrons. The van der Waals surface area contributed by atoms with Crippen LogP contribution in [0, 0.1) is 24.2 Å². The lowest BCUT2D eigenvalue weighted by molar-refractivity contribution is 0.0792. The Hall–Kier alpha value is -3.53. The van der Waals surface area contributed by atoms with Crippen LogP contribution in [0.4, 0.5) is 5.69 Å². The van der Waals surface area contributed by atoms with Gasteiger partial charge in [-0.25, -0.2) is 0 Å². The number of amidine groups is 1. The summed E-state index contributed by atoms with van der Waals surface area (Å²) in [4.78, 5) is 21.2. The molecule has 1 amide bonds. The highest BCUT2D eigenvalue weighted by atomic mass is 35.5. The maximum Gasteiger partial charge on any atom is 0.254 e. The number of hydrogen-bond acceptors (Lipinski definition) is 4.